The number of hydrogen-bond donors (Lipinski definition) is 1. The molecule has 0 radical (unpaired) electrons. The molecule has 1 aliphatic heterocycles. The number of hydrogen-bond acceptors (Lipinski definition) is 3. The molecule has 112 valence electrons. The average molecular weight is 303 g/mol. The molecular weight excluding hydrogens is 282 g/mol. The Hall–Kier alpha value is -1.88. The first kappa shape index (κ1) is 15.5. The van der Waals surface area contributed by atoms with Crippen LogP contribution in [-0.4, -0.2) is 36.6 Å². The number of amides is 1. The standard InChI is InChI=1S/C16H21N3OS/c1-11(2)10-19-15(20)14(17-16(19)21)9-12-5-7-13(8-6-12)18(3)4/h5-9,11H,10H2,1-4H3,(H,17,21)/b14-9+. The second kappa shape index (κ2) is 6.26. The highest BCUT2D eigenvalue weighted by atomic mass is 32.1. The second-order valence-electron chi connectivity index (χ2n) is 5.78. The number of nitrogens with zero attached hydrogens (tertiary/aromatic N) is 2. The molecule has 1 aliphatic rings. The van der Waals surface area contributed by atoms with Crippen LogP contribution in [0, 0.1) is 5.92 Å². The number of nitrogens with one attached hydrogen (secondary N) is 1. The Bertz CT molecular complexity index is 576. The number of thiocarbonyl (C=S) groups is 1. The summed E-state index contributed by atoms with van der Waals surface area (Å²) in [5.74, 6) is 0.331. The summed E-state index contributed by atoms with van der Waals surface area (Å²) < 4.78 is 0. The van der Waals surface area contributed by atoms with E-state index in [4.69, 9.17) is 12.2 Å². The van der Waals surface area contributed by atoms with Crippen LogP contribution in [0.15, 0.2) is 30.0 Å². The molecule has 2 rings (SSSR count). The molecule has 1 amide bonds. The Morgan fingerprint density at radius 3 is 2.43 bits per heavy atom. The lowest BCUT2D eigenvalue weighted by Gasteiger charge is -2.16. The molecule has 1 heterocycles. The van der Waals surface area contributed by atoms with Crippen LogP contribution in [-0.2, 0) is 4.79 Å². The van der Waals surface area contributed by atoms with Gasteiger partial charge in [0.15, 0.2) is 5.11 Å². The molecule has 0 spiro atoms. The van der Waals surface area contributed by atoms with E-state index in [2.05, 4.69) is 19.2 Å². The summed E-state index contributed by atoms with van der Waals surface area (Å²) in [5, 5.41) is 3.49. The van der Waals surface area contributed by atoms with Crippen molar-refractivity contribution in [2.75, 3.05) is 25.5 Å². The quantitative estimate of drug-likeness (QED) is 0.685. The van der Waals surface area contributed by atoms with Crippen LogP contribution >= 0.6 is 12.2 Å². The summed E-state index contributed by atoms with van der Waals surface area (Å²) in [5.41, 5.74) is 2.64. The largest absolute Gasteiger partial charge is 0.378 e. The lowest BCUT2D eigenvalue weighted by Crippen LogP contribution is -2.33. The molecule has 0 aliphatic carbocycles. The highest BCUT2D eigenvalue weighted by Crippen LogP contribution is 2.18. The van der Waals surface area contributed by atoms with E-state index < -0.39 is 0 Å². The summed E-state index contributed by atoms with van der Waals surface area (Å²) in [7, 11) is 4.00. The Kier molecular flexibility index (Phi) is 4.63. The van der Waals surface area contributed by atoms with E-state index in [-0.39, 0.29) is 5.91 Å². The van der Waals surface area contributed by atoms with Gasteiger partial charge in [0.1, 0.15) is 5.70 Å². The summed E-state index contributed by atoms with van der Waals surface area (Å²) >= 11 is 5.23. The third kappa shape index (κ3) is 3.61. The fourth-order valence-electron chi connectivity index (χ4n) is 2.14. The maximum absolute atomic E-state index is 12.3. The van der Waals surface area contributed by atoms with Gasteiger partial charge in [-0.25, -0.2) is 0 Å². The molecule has 0 bridgehead atoms. The Morgan fingerprint density at radius 1 is 1.29 bits per heavy atom. The predicted octanol–water partition coefficient (Wildman–Crippen LogP) is 2.47. The van der Waals surface area contributed by atoms with Crippen molar-refractivity contribution in [2.45, 2.75) is 13.8 Å². The fraction of sp³-hybridized carbons (Fsp3) is 0.375. The van der Waals surface area contributed by atoms with Crippen LogP contribution in [0.3, 0.4) is 0 Å². The van der Waals surface area contributed by atoms with Crippen molar-refractivity contribution < 1.29 is 4.79 Å². The van der Waals surface area contributed by atoms with Crippen LogP contribution in [0.25, 0.3) is 6.08 Å². The number of carbonyl (C=O) groups excluding carboxylic acids is 1. The van der Waals surface area contributed by atoms with E-state index in [9.17, 15) is 4.79 Å². The van der Waals surface area contributed by atoms with Gasteiger partial charge in [0.05, 0.1) is 0 Å². The molecule has 5 heteroatoms. The molecule has 0 aromatic heterocycles. The normalized spacial score (nSPS) is 16.8. The molecule has 0 atom stereocenters. The summed E-state index contributed by atoms with van der Waals surface area (Å²) in [4.78, 5) is 16.0. The van der Waals surface area contributed by atoms with Crippen molar-refractivity contribution in [2.24, 2.45) is 5.92 Å². The minimum Gasteiger partial charge on any atom is -0.378 e. The van der Waals surface area contributed by atoms with Crippen LogP contribution in [0.4, 0.5) is 5.69 Å². The Morgan fingerprint density at radius 2 is 1.90 bits per heavy atom. The van der Waals surface area contributed by atoms with Gasteiger partial charge in [-0.3, -0.25) is 9.69 Å². The van der Waals surface area contributed by atoms with E-state index in [0.29, 0.717) is 23.3 Å². The molecule has 1 aromatic rings. The van der Waals surface area contributed by atoms with Gasteiger partial charge in [-0.1, -0.05) is 26.0 Å². The van der Waals surface area contributed by atoms with Gasteiger partial charge in [-0.2, -0.15) is 0 Å². The number of rotatable bonds is 4. The van der Waals surface area contributed by atoms with E-state index in [1.165, 1.54) is 0 Å². The van der Waals surface area contributed by atoms with Crippen LogP contribution in [0.1, 0.15) is 19.4 Å². The smallest absolute Gasteiger partial charge is 0.276 e. The molecule has 4 nitrogen and oxygen atoms in total. The first-order chi connectivity index (χ1) is 9.88. The fourth-order valence-corrected chi connectivity index (χ4v) is 2.41. The maximum Gasteiger partial charge on any atom is 0.276 e. The maximum atomic E-state index is 12.3. The zero-order valence-electron chi connectivity index (χ0n) is 12.9. The second-order valence-corrected chi connectivity index (χ2v) is 6.17. The van der Waals surface area contributed by atoms with Gasteiger partial charge < -0.3 is 10.2 Å². The molecule has 1 N–H and O–H groups in total. The molecular formula is C16H21N3OS. The highest BCUT2D eigenvalue weighted by Gasteiger charge is 2.30. The molecule has 0 saturated carbocycles. The minimum absolute atomic E-state index is 0.0506. The van der Waals surface area contributed by atoms with Crippen molar-refractivity contribution in [1.82, 2.24) is 10.2 Å². The number of carbonyl (C=O) groups is 1. The SMILES string of the molecule is CC(C)CN1C(=O)/C(=C\c2ccc(N(C)C)cc2)NC1=S. The van der Waals surface area contributed by atoms with Crippen molar-refractivity contribution in [3.05, 3.63) is 35.5 Å². The monoisotopic (exact) mass is 303 g/mol. The number of benzene rings is 1. The van der Waals surface area contributed by atoms with Gasteiger partial charge in [0.25, 0.3) is 5.91 Å². The van der Waals surface area contributed by atoms with Crippen LogP contribution in [0.5, 0.6) is 0 Å². The van der Waals surface area contributed by atoms with Gasteiger partial charge in [-0.05, 0) is 41.9 Å². The highest BCUT2D eigenvalue weighted by molar-refractivity contribution is 7.80. The van der Waals surface area contributed by atoms with Crippen molar-refractivity contribution in [3.8, 4) is 0 Å². The number of anilines is 1. The molecule has 1 fully saturated rings. The summed E-state index contributed by atoms with van der Waals surface area (Å²) in [6.07, 6.45) is 1.84. The van der Waals surface area contributed by atoms with Crippen molar-refractivity contribution in [3.63, 3.8) is 0 Å². The topological polar surface area (TPSA) is 35.6 Å². The molecule has 1 saturated heterocycles. The molecule has 1 aromatic carbocycles. The summed E-state index contributed by atoms with van der Waals surface area (Å²) in [6.45, 7) is 4.77. The van der Waals surface area contributed by atoms with Gasteiger partial charge in [0, 0.05) is 26.3 Å². The molecule has 0 unspecified atom stereocenters. The van der Waals surface area contributed by atoms with Gasteiger partial charge in [0.2, 0.25) is 0 Å². The van der Waals surface area contributed by atoms with Crippen molar-refractivity contribution >= 4 is 35.0 Å². The zero-order chi connectivity index (χ0) is 15.6. The third-order valence-corrected chi connectivity index (χ3v) is 3.55. The molecule has 21 heavy (non-hydrogen) atoms. The zero-order valence-corrected chi connectivity index (χ0v) is 13.7. The van der Waals surface area contributed by atoms with E-state index >= 15 is 0 Å². The van der Waals surface area contributed by atoms with Gasteiger partial charge >= 0.3 is 0 Å². The lowest BCUT2D eigenvalue weighted by molar-refractivity contribution is -0.122. The summed E-state index contributed by atoms with van der Waals surface area (Å²) in [6, 6.07) is 8.03. The van der Waals surface area contributed by atoms with Crippen molar-refractivity contribution in [1.29, 1.82) is 0 Å². The minimum atomic E-state index is -0.0506. The van der Waals surface area contributed by atoms with Crippen LogP contribution in [0.2, 0.25) is 0 Å². The average Bonchev–Trinajstić information content (AvgIpc) is 2.67. The third-order valence-electron chi connectivity index (χ3n) is 3.23. The first-order valence-electron chi connectivity index (χ1n) is 7.00. The first-order valence-corrected chi connectivity index (χ1v) is 7.41. The Labute approximate surface area is 131 Å². The van der Waals surface area contributed by atoms with E-state index in [1.807, 2.05) is 49.3 Å². The van der Waals surface area contributed by atoms with E-state index in [1.54, 1.807) is 4.90 Å². The predicted molar refractivity (Wildman–Crippen MR) is 91.0 cm³/mol. The lowest BCUT2D eigenvalue weighted by atomic mass is 10.1. The van der Waals surface area contributed by atoms with E-state index in [0.717, 1.165) is 11.3 Å². The Balaban J connectivity index is 2.18. The van der Waals surface area contributed by atoms with Crippen LogP contribution < -0.4 is 10.2 Å². The van der Waals surface area contributed by atoms with Gasteiger partial charge in [-0.15, -0.1) is 0 Å².